The SMILES string of the molecule is Cc1cccc(C)c1C(C(N)=O)N1CCN(CC(O)C2COc3c(Cl)c(Cl)c(Cl)c(Cl)c3O2)CC1. The Kier molecular flexibility index (Phi) is 8.28. The van der Waals surface area contributed by atoms with Crippen molar-refractivity contribution in [3.8, 4) is 11.5 Å². The summed E-state index contributed by atoms with van der Waals surface area (Å²) in [5.41, 5.74) is 8.88. The van der Waals surface area contributed by atoms with Crippen molar-refractivity contribution < 1.29 is 19.4 Å². The van der Waals surface area contributed by atoms with E-state index >= 15 is 0 Å². The molecule has 1 amide bonds. The van der Waals surface area contributed by atoms with Gasteiger partial charge < -0.3 is 20.3 Å². The molecular weight excluding hydrogens is 536 g/mol. The molecule has 1 saturated heterocycles. The van der Waals surface area contributed by atoms with Gasteiger partial charge in [0.1, 0.15) is 28.8 Å². The highest BCUT2D eigenvalue weighted by Crippen LogP contribution is 2.52. The summed E-state index contributed by atoms with van der Waals surface area (Å²) in [5.74, 6) is 0.0211. The van der Waals surface area contributed by atoms with E-state index in [0.717, 1.165) is 16.7 Å². The number of primary amides is 1. The van der Waals surface area contributed by atoms with E-state index in [1.807, 2.05) is 32.0 Å². The number of benzene rings is 2. The molecule has 35 heavy (non-hydrogen) atoms. The van der Waals surface area contributed by atoms with Gasteiger partial charge in [0.05, 0.1) is 10.0 Å². The summed E-state index contributed by atoms with van der Waals surface area (Å²) >= 11 is 24.7. The number of fused-ring (bicyclic) bond motifs is 1. The molecule has 2 aliphatic rings. The zero-order valence-electron chi connectivity index (χ0n) is 19.4. The van der Waals surface area contributed by atoms with Crippen LogP contribution < -0.4 is 15.2 Å². The van der Waals surface area contributed by atoms with E-state index in [1.165, 1.54) is 0 Å². The van der Waals surface area contributed by atoms with Crippen molar-refractivity contribution in [3.63, 3.8) is 0 Å². The number of halogens is 4. The number of nitrogens with two attached hydrogens (primary N) is 1. The standard InChI is InChI=1S/C24H27Cl4N3O4/c1-12-4-3-5-13(2)16(12)21(24(29)33)31-8-6-30(7-9-31)10-14(32)15-11-34-22-19(27)17(25)18(26)20(28)23(22)35-15/h3-5,14-15,21,32H,6-11H2,1-2H3,(H2,29,33). The van der Waals surface area contributed by atoms with Crippen LogP contribution in [0.4, 0.5) is 0 Å². The Labute approximate surface area is 224 Å². The minimum atomic E-state index is -0.857. The first kappa shape index (κ1) is 26.6. The van der Waals surface area contributed by atoms with Crippen LogP contribution in [0.2, 0.25) is 20.1 Å². The predicted molar refractivity (Wildman–Crippen MR) is 138 cm³/mol. The summed E-state index contributed by atoms with van der Waals surface area (Å²) in [6.07, 6.45) is -1.52. The first-order chi connectivity index (χ1) is 16.6. The summed E-state index contributed by atoms with van der Waals surface area (Å²) in [4.78, 5) is 16.6. The number of nitrogens with zero attached hydrogens (tertiary/aromatic N) is 2. The van der Waals surface area contributed by atoms with Gasteiger partial charge in [-0.2, -0.15) is 0 Å². The lowest BCUT2D eigenvalue weighted by molar-refractivity contribution is -0.124. The van der Waals surface area contributed by atoms with Crippen LogP contribution >= 0.6 is 46.4 Å². The molecule has 2 aliphatic heterocycles. The average Bonchev–Trinajstić information content (AvgIpc) is 2.83. The molecule has 3 N–H and O–H groups in total. The number of amides is 1. The number of aliphatic hydroxyl groups excluding tert-OH is 1. The minimum Gasteiger partial charge on any atom is -0.484 e. The fourth-order valence-electron chi connectivity index (χ4n) is 4.72. The molecule has 2 heterocycles. The maximum atomic E-state index is 12.4. The van der Waals surface area contributed by atoms with Crippen LogP contribution in [0.25, 0.3) is 0 Å². The quantitative estimate of drug-likeness (QED) is 0.404. The summed E-state index contributed by atoms with van der Waals surface area (Å²) in [5, 5.41) is 11.2. The Bertz CT molecular complexity index is 1100. The number of carbonyl (C=O) groups excluding carboxylic acids is 1. The summed E-state index contributed by atoms with van der Waals surface area (Å²) in [7, 11) is 0. The van der Waals surface area contributed by atoms with Crippen LogP contribution in [0.5, 0.6) is 11.5 Å². The fourth-order valence-corrected chi connectivity index (χ4v) is 5.63. The first-order valence-electron chi connectivity index (χ1n) is 11.3. The molecule has 0 aliphatic carbocycles. The van der Waals surface area contributed by atoms with Crippen LogP contribution in [0, 0.1) is 13.8 Å². The molecule has 0 spiro atoms. The second-order valence-corrected chi connectivity index (χ2v) is 10.4. The van der Waals surface area contributed by atoms with Crippen LogP contribution in [-0.4, -0.2) is 72.4 Å². The van der Waals surface area contributed by atoms with Gasteiger partial charge in [-0.05, 0) is 30.5 Å². The number of piperazine rings is 1. The highest BCUT2D eigenvalue weighted by molar-refractivity contribution is 6.53. The first-order valence-corrected chi connectivity index (χ1v) is 12.8. The van der Waals surface area contributed by atoms with E-state index in [1.54, 1.807) is 0 Å². The smallest absolute Gasteiger partial charge is 0.239 e. The van der Waals surface area contributed by atoms with Crippen molar-refractivity contribution in [3.05, 3.63) is 55.0 Å². The van der Waals surface area contributed by atoms with Crippen LogP contribution in [0.3, 0.4) is 0 Å². The lowest BCUT2D eigenvalue weighted by Gasteiger charge is -2.40. The van der Waals surface area contributed by atoms with Crippen molar-refractivity contribution in [2.24, 2.45) is 5.73 Å². The molecule has 11 heteroatoms. The van der Waals surface area contributed by atoms with E-state index in [2.05, 4.69) is 9.80 Å². The van der Waals surface area contributed by atoms with Crippen molar-refractivity contribution in [2.75, 3.05) is 39.3 Å². The number of β-amino-alcohol motifs (C(OH)–C–C–N with tert-alkyl or cyclic N) is 1. The summed E-state index contributed by atoms with van der Waals surface area (Å²) in [6.45, 7) is 7.01. The van der Waals surface area contributed by atoms with Crippen molar-refractivity contribution in [1.29, 1.82) is 0 Å². The zero-order valence-corrected chi connectivity index (χ0v) is 22.4. The van der Waals surface area contributed by atoms with Gasteiger partial charge in [0.15, 0.2) is 17.6 Å². The van der Waals surface area contributed by atoms with Crippen LogP contribution in [0.15, 0.2) is 18.2 Å². The minimum absolute atomic E-state index is 0.0693. The number of hydrogen-bond acceptors (Lipinski definition) is 6. The van der Waals surface area contributed by atoms with E-state index in [0.29, 0.717) is 32.7 Å². The van der Waals surface area contributed by atoms with Gasteiger partial charge in [-0.25, -0.2) is 0 Å². The van der Waals surface area contributed by atoms with E-state index in [4.69, 9.17) is 61.6 Å². The number of ether oxygens (including phenoxy) is 2. The molecule has 0 saturated carbocycles. The number of hydrogen-bond donors (Lipinski definition) is 2. The molecule has 0 aromatic heterocycles. The molecule has 1 fully saturated rings. The van der Waals surface area contributed by atoms with Gasteiger partial charge in [-0.1, -0.05) is 64.6 Å². The monoisotopic (exact) mass is 561 g/mol. The molecule has 190 valence electrons. The fraction of sp³-hybridized carbons (Fsp3) is 0.458. The average molecular weight is 563 g/mol. The third kappa shape index (κ3) is 5.32. The number of aliphatic hydroxyl groups is 1. The van der Waals surface area contributed by atoms with Gasteiger partial charge >= 0.3 is 0 Å². The largest absolute Gasteiger partial charge is 0.484 e. The van der Waals surface area contributed by atoms with Crippen molar-refractivity contribution in [2.45, 2.75) is 32.1 Å². The highest BCUT2D eigenvalue weighted by Gasteiger charge is 2.36. The number of carbonyl (C=O) groups is 1. The topological polar surface area (TPSA) is 88.3 Å². The molecule has 0 bridgehead atoms. The molecule has 2 aromatic carbocycles. The van der Waals surface area contributed by atoms with E-state index in [-0.39, 0.29) is 44.1 Å². The Balaban J connectivity index is 1.39. The Morgan fingerprint density at radius 3 is 2.17 bits per heavy atom. The number of rotatable bonds is 6. The van der Waals surface area contributed by atoms with E-state index < -0.39 is 18.2 Å². The van der Waals surface area contributed by atoms with Gasteiger partial charge in [0.2, 0.25) is 5.91 Å². The summed E-state index contributed by atoms with van der Waals surface area (Å²) in [6, 6.07) is 5.48. The Hall–Kier alpha value is -1.45. The maximum absolute atomic E-state index is 12.4. The zero-order chi connectivity index (χ0) is 25.4. The number of aryl methyl sites for hydroxylation is 2. The van der Waals surface area contributed by atoms with Gasteiger partial charge in [-0.15, -0.1) is 0 Å². The van der Waals surface area contributed by atoms with Crippen LogP contribution in [0.1, 0.15) is 22.7 Å². The van der Waals surface area contributed by atoms with Gasteiger partial charge in [0, 0.05) is 32.7 Å². The summed E-state index contributed by atoms with van der Waals surface area (Å²) < 4.78 is 11.6. The molecular formula is C24H27Cl4N3O4. The van der Waals surface area contributed by atoms with Gasteiger partial charge in [0.25, 0.3) is 0 Å². The second-order valence-electron chi connectivity index (χ2n) is 8.90. The third-order valence-corrected chi connectivity index (χ3v) is 8.34. The molecule has 3 unspecified atom stereocenters. The van der Waals surface area contributed by atoms with Gasteiger partial charge in [-0.3, -0.25) is 14.6 Å². The lowest BCUT2D eigenvalue weighted by Crippen LogP contribution is -2.54. The lowest BCUT2D eigenvalue weighted by atomic mass is 9.94. The third-order valence-electron chi connectivity index (χ3n) is 6.58. The molecule has 7 nitrogen and oxygen atoms in total. The molecule has 4 rings (SSSR count). The maximum Gasteiger partial charge on any atom is 0.239 e. The Morgan fingerprint density at radius 1 is 1.03 bits per heavy atom. The van der Waals surface area contributed by atoms with Crippen molar-refractivity contribution in [1.82, 2.24) is 9.80 Å². The molecule has 3 atom stereocenters. The normalized spacial score (nSPS) is 20.5. The Morgan fingerprint density at radius 2 is 1.60 bits per heavy atom. The van der Waals surface area contributed by atoms with Crippen LogP contribution in [-0.2, 0) is 4.79 Å². The highest BCUT2D eigenvalue weighted by atomic mass is 35.5. The second kappa shape index (κ2) is 10.9. The van der Waals surface area contributed by atoms with Crippen molar-refractivity contribution >= 4 is 52.3 Å². The van der Waals surface area contributed by atoms with E-state index in [9.17, 15) is 9.90 Å². The predicted octanol–water partition coefficient (Wildman–Crippen LogP) is 4.26. The molecule has 0 radical (unpaired) electrons. The molecule has 2 aromatic rings.